The van der Waals surface area contributed by atoms with Gasteiger partial charge < -0.3 is 20.7 Å². The molecule has 1 aromatic rings. The van der Waals surface area contributed by atoms with Crippen LogP contribution in [0.3, 0.4) is 0 Å². The van der Waals surface area contributed by atoms with Gasteiger partial charge in [-0.25, -0.2) is 0 Å². The van der Waals surface area contributed by atoms with Gasteiger partial charge in [0.05, 0.1) is 11.5 Å². The average Bonchev–Trinajstić information content (AvgIpc) is 2.26. The number of carboxylic acid groups (broad SMARTS) is 1. The van der Waals surface area contributed by atoms with Crippen LogP contribution in [0.5, 0.6) is 11.5 Å². The number of nitrogens with one attached hydrogen (secondary N) is 1. The SMILES string of the molecule is CC(C)(C)[C@H](COc1ccc(C(=N)N)c(O)c1)C(=O)O. The summed E-state index contributed by atoms with van der Waals surface area (Å²) in [5.74, 6) is -1.67. The second-order valence-corrected chi connectivity index (χ2v) is 5.66. The summed E-state index contributed by atoms with van der Waals surface area (Å²) in [4.78, 5) is 11.2. The van der Waals surface area contributed by atoms with Gasteiger partial charge in [0.15, 0.2) is 0 Å². The topological polar surface area (TPSA) is 117 Å². The molecule has 0 unspecified atom stereocenters. The third-order valence-electron chi connectivity index (χ3n) is 3.02. The van der Waals surface area contributed by atoms with E-state index in [1.807, 2.05) is 20.8 Å². The van der Waals surface area contributed by atoms with Crippen molar-refractivity contribution in [2.24, 2.45) is 17.1 Å². The van der Waals surface area contributed by atoms with E-state index in [0.29, 0.717) is 5.75 Å². The number of ether oxygens (including phenoxy) is 1. The number of hydrogen-bond donors (Lipinski definition) is 4. The molecule has 110 valence electrons. The number of aliphatic carboxylic acids is 1. The molecule has 0 spiro atoms. The molecule has 6 heteroatoms. The molecule has 5 N–H and O–H groups in total. The van der Waals surface area contributed by atoms with Gasteiger partial charge >= 0.3 is 5.97 Å². The molecule has 0 saturated heterocycles. The first kappa shape index (κ1) is 15.8. The average molecular weight is 280 g/mol. The van der Waals surface area contributed by atoms with Crippen molar-refractivity contribution in [2.45, 2.75) is 20.8 Å². The summed E-state index contributed by atoms with van der Waals surface area (Å²) in [5.41, 5.74) is 5.06. The number of rotatable bonds is 5. The normalized spacial score (nSPS) is 12.8. The van der Waals surface area contributed by atoms with Crippen molar-refractivity contribution in [1.29, 1.82) is 5.41 Å². The van der Waals surface area contributed by atoms with E-state index >= 15 is 0 Å². The summed E-state index contributed by atoms with van der Waals surface area (Å²) in [5, 5.41) is 26.1. The van der Waals surface area contributed by atoms with E-state index in [2.05, 4.69) is 0 Å². The maximum Gasteiger partial charge on any atom is 0.310 e. The zero-order chi connectivity index (χ0) is 15.5. The lowest BCUT2D eigenvalue weighted by molar-refractivity contribution is -0.146. The summed E-state index contributed by atoms with van der Waals surface area (Å²) in [7, 11) is 0. The van der Waals surface area contributed by atoms with E-state index in [-0.39, 0.29) is 23.8 Å². The van der Waals surface area contributed by atoms with Crippen LogP contribution >= 0.6 is 0 Å². The van der Waals surface area contributed by atoms with Crippen molar-refractivity contribution >= 4 is 11.8 Å². The highest BCUT2D eigenvalue weighted by atomic mass is 16.5. The zero-order valence-corrected chi connectivity index (χ0v) is 11.8. The van der Waals surface area contributed by atoms with Crippen molar-refractivity contribution < 1.29 is 19.7 Å². The number of carboxylic acids is 1. The Kier molecular flexibility index (Phi) is 4.60. The van der Waals surface area contributed by atoms with Crippen molar-refractivity contribution in [2.75, 3.05) is 6.61 Å². The Hall–Kier alpha value is -2.24. The second kappa shape index (κ2) is 5.81. The number of nitrogen functional groups attached to an aromatic ring is 1. The van der Waals surface area contributed by atoms with E-state index in [9.17, 15) is 15.0 Å². The lowest BCUT2D eigenvalue weighted by atomic mass is 9.81. The molecule has 0 amide bonds. The number of benzene rings is 1. The number of nitrogens with two attached hydrogens (primary N) is 1. The van der Waals surface area contributed by atoms with Crippen LogP contribution in [-0.4, -0.2) is 28.6 Å². The molecule has 0 saturated carbocycles. The standard InChI is InChI=1S/C14H20N2O4/c1-14(2,3)10(13(18)19)7-20-8-4-5-9(12(15)16)11(17)6-8/h4-6,10,17H,7H2,1-3H3,(H3,15,16)(H,18,19)/t10-/m1/s1. The Labute approximate surface area is 117 Å². The molecule has 0 aliphatic heterocycles. The van der Waals surface area contributed by atoms with Gasteiger partial charge in [-0.15, -0.1) is 0 Å². The predicted octanol–water partition coefficient (Wildman–Crippen LogP) is 1.80. The third kappa shape index (κ3) is 3.88. The van der Waals surface area contributed by atoms with Crippen LogP contribution in [-0.2, 0) is 4.79 Å². The quantitative estimate of drug-likeness (QED) is 0.484. The second-order valence-electron chi connectivity index (χ2n) is 5.66. The van der Waals surface area contributed by atoms with E-state index in [1.165, 1.54) is 18.2 Å². The Balaban J connectivity index is 2.82. The van der Waals surface area contributed by atoms with Gasteiger partial charge in [-0.1, -0.05) is 20.8 Å². The molecule has 1 rings (SSSR count). The number of aromatic hydroxyl groups is 1. The first-order valence-corrected chi connectivity index (χ1v) is 6.16. The van der Waals surface area contributed by atoms with Crippen LogP contribution in [0.1, 0.15) is 26.3 Å². The van der Waals surface area contributed by atoms with Gasteiger partial charge in [-0.2, -0.15) is 0 Å². The summed E-state index contributed by atoms with van der Waals surface area (Å²) < 4.78 is 5.42. The lowest BCUT2D eigenvalue weighted by Crippen LogP contribution is -2.33. The summed E-state index contributed by atoms with van der Waals surface area (Å²) in [6.45, 7) is 5.47. The Morgan fingerprint density at radius 1 is 1.45 bits per heavy atom. The third-order valence-corrected chi connectivity index (χ3v) is 3.02. The Bertz CT molecular complexity index is 520. The molecular formula is C14H20N2O4. The van der Waals surface area contributed by atoms with Crippen molar-refractivity contribution in [1.82, 2.24) is 0 Å². The molecular weight excluding hydrogens is 260 g/mol. The lowest BCUT2D eigenvalue weighted by Gasteiger charge is -2.26. The van der Waals surface area contributed by atoms with Gasteiger partial charge in [0.2, 0.25) is 0 Å². The van der Waals surface area contributed by atoms with Crippen LogP contribution in [0.4, 0.5) is 0 Å². The number of amidine groups is 1. The largest absolute Gasteiger partial charge is 0.507 e. The molecule has 1 aromatic carbocycles. The van der Waals surface area contributed by atoms with Crippen LogP contribution in [0.25, 0.3) is 0 Å². The maximum absolute atomic E-state index is 11.2. The first-order chi connectivity index (χ1) is 9.12. The van der Waals surface area contributed by atoms with Crippen LogP contribution in [0, 0.1) is 16.7 Å². The highest BCUT2D eigenvalue weighted by Crippen LogP contribution is 2.28. The minimum absolute atomic E-state index is 0.00229. The van der Waals surface area contributed by atoms with E-state index in [1.54, 1.807) is 0 Å². The summed E-state index contributed by atoms with van der Waals surface area (Å²) >= 11 is 0. The fourth-order valence-corrected chi connectivity index (χ4v) is 1.70. The molecule has 0 fully saturated rings. The Morgan fingerprint density at radius 3 is 2.45 bits per heavy atom. The fourth-order valence-electron chi connectivity index (χ4n) is 1.70. The van der Waals surface area contributed by atoms with Gasteiger partial charge in [0.1, 0.15) is 23.9 Å². The molecule has 6 nitrogen and oxygen atoms in total. The summed E-state index contributed by atoms with van der Waals surface area (Å²) in [6, 6.07) is 4.32. The first-order valence-electron chi connectivity index (χ1n) is 6.16. The van der Waals surface area contributed by atoms with E-state index in [4.69, 9.17) is 15.9 Å². The molecule has 0 aliphatic carbocycles. The molecule has 0 bridgehead atoms. The molecule has 0 heterocycles. The molecule has 0 aliphatic rings. The van der Waals surface area contributed by atoms with Gasteiger partial charge in [-0.3, -0.25) is 10.2 Å². The highest BCUT2D eigenvalue weighted by Gasteiger charge is 2.31. The van der Waals surface area contributed by atoms with Gasteiger partial charge in [-0.05, 0) is 17.5 Å². The van der Waals surface area contributed by atoms with Crippen molar-refractivity contribution in [3.63, 3.8) is 0 Å². The highest BCUT2D eigenvalue weighted by molar-refractivity contribution is 5.97. The number of hydrogen-bond acceptors (Lipinski definition) is 4. The number of carbonyl (C=O) groups is 1. The fraction of sp³-hybridized carbons (Fsp3) is 0.429. The Morgan fingerprint density at radius 2 is 2.05 bits per heavy atom. The van der Waals surface area contributed by atoms with Gasteiger partial charge in [0, 0.05) is 6.07 Å². The van der Waals surface area contributed by atoms with Crippen LogP contribution in [0.2, 0.25) is 0 Å². The number of phenolic OH excluding ortho intramolecular Hbond substituents is 1. The molecule has 0 radical (unpaired) electrons. The van der Waals surface area contributed by atoms with Crippen molar-refractivity contribution in [3.8, 4) is 11.5 Å². The van der Waals surface area contributed by atoms with E-state index in [0.717, 1.165) is 0 Å². The molecule has 0 aromatic heterocycles. The minimum Gasteiger partial charge on any atom is -0.507 e. The summed E-state index contributed by atoms with van der Waals surface area (Å²) in [6.07, 6.45) is 0. The van der Waals surface area contributed by atoms with Gasteiger partial charge in [0.25, 0.3) is 0 Å². The molecule has 1 atom stereocenters. The van der Waals surface area contributed by atoms with E-state index < -0.39 is 17.3 Å². The van der Waals surface area contributed by atoms with Crippen LogP contribution < -0.4 is 10.5 Å². The maximum atomic E-state index is 11.2. The zero-order valence-electron chi connectivity index (χ0n) is 11.8. The van der Waals surface area contributed by atoms with Crippen LogP contribution in [0.15, 0.2) is 18.2 Å². The predicted molar refractivity (Wildman–Crippen MR) is 75.2 cm³/mol. The molecule has 20 heavy (non-hydrogen) atoms. The smallest absolute Gasteiger partial charge is 0.310 e. The van der Waals surface area contributed by atoms with Crippen molar-refractivity contribution in [3.05, 3.63) is 23.8 Å². The number of phenols is 1. The minimum atomic E-state index is -0.929. The monoisotopic (exact) mass is 280 g/mol.